The predicted molar refractivity (Wildman–Crippen MR) is 92.6 cm³/mol. The molecule has 0 fully saturated rings. The van der Waals surface area contributed by atoms with Gasteiger partial charge in [0.1, 0.15) is 0 Å². The average Bonchev–Trinajstić information content (AvgIpc) is 2.50. The van der Waals surface area contributed by atoms with Crippen LogP contribution in [0.3, 0.4) is 0 Å². The lowest BCUT2D eigenvalue weighted by atomic mass is 10.1. The van der Waals surface area contributed by atoms with Crippen molar-refractivity contribution in [3.05, 3.63) is 65.2 Å². The van der Waals surface area contributed by atoms with Crippen molar-refractivity contribution in [2.24, 2.45) is 0 Å². The monoisotopic (exact) mass is 310 g/mol. The van der Waals surface area contributed by atoms with Gasteiger partial charge in [0.2, 0.25) is 5.91 Å². The van der Waals surface area contributed by atoms with Crippen molar-refractivity contribution in [3.63, 3.8) is 0 Å². The summed E-state index contributed by atoms with van der Waals surface area (Å²) in [4.78, 5) is 25.3. The maximum Gasteiger partial charge on any atom is 0.238 e. The van der Waals surface area contributed by atoms with Crippen LogP contribution in [0.1, 0.15) is 28.4 Å². The molecule has 23 heavy (non-hydrogen) atoms. The van der Waals surface area contributed by atoms with Crippen LogP contribution in [-0.4, -0.2) is 30.2 Å². The summed E-state index contributed by atoms with van der Waals surface area (Å²) in [6.07, 6.45) is 0. The van der Waals surface area contributed by atoms with Crippen molar-refractivity contribution in [1.82, 2.24) is 4.90 Å². The Bertz CT molecular complexity index is 693. The third-order valence-electron chi connectivity index (χ3n) is 3.69. The Morgan fingerprint density at radius 1 is 1.04 bits per heavy atom. The molecule has 0 saturated carbocycles. The van der Waals surface area contributed by atoms with E-state index >= 15 is 0 Å². The molecule has 1 amide bonds. The molecule has 0 aromatic heterocycles. The second-order valence-corrected chi connectivity index (χ2v) is 5.78. The summed E-state index contributed by atoms with van der Waals surface area (Å²) in [5.74, 6) is -0.0579. The molecule has 0 aliphatic carbocycles. The summed E-state index contributed by atoms with van der Waals surface area (Å²) in [5.41, 5.74) is 3.78. The van der Waals surface area contributed by atoms with Gasteiger partial charge in [0.25, 0.3) is 0 Å². The zero-order valence-corrected chi connectivity index (χ0v) is 13.8. The molecule has 2 aromatic carbocycles. The minimum absolute atomic E-state index is 0.0147. The van der Waals surface area contributed by atoms with Gasteiger partial charge in [0.05, 0.1) is 6.54 Å². The van der Waals surface area contributed by atoms with Crippen molar-refractivity contribution in [3.8, 4) is 0 Å². The highest BCUT2D eigenvalue weighted by Gasteiger charge is 2.09. The Hall–Kier alpha value is -2.46. The minimum atomic E-state index is -0.0725. The molecule has 0 unspecified atom stereocenters. The zero-order chi connectivity index (χ0) is 16.8. The SMILES string of the molecule is CC(=O)c1ccc(NC(=O)CN(C)Cc2ccccc2C)cc1. The highest BCUT2D eigenvalue weighted by atomic mass is 16.2. The number of amides is 1. The summed E-state index contributed by atoms with van der Waals surface area (Å²) in [7, 11) is 1.92. The molecule has 0 aliphatic rings. The molecule has 0 bridgehead atoms. The van der Waals surface area contributed by atoms with Gasteiger partial charge < -0.3 is 5.32 Å². The van der Waals surface area contributed by atoms with E-state index in [4.69, 9.17) is 0 Å². The van der Waals surface area contributed by atoms with Crippen molar-refractivity contribution in [2.75, 3.05) is 18.9 Å². The number of hydrogen-bond acceptors (Lipinski definition) is 3. The van der Waals surface area contributed by atoms with Crippen LogP contribution in [0.2, 0.25) is 0 Å². The molecular formula is C19H22N2O2. The van der Waals surface area contributed by atoms with E-state index in [0.29, 0.717) is 17.8 Å². The number of Topliss-reactive ketones (excluding diaryl/α,β-unsaturated/α-hetero) is 1. The number of anilines is 1. The van der Waals surface area contributed by atoms with Crippen LogP contribution in [0.15, 0.2) is 48.5 Å². The van der Waals surface area contributed by atoms with Crippen molar-refractivity contribution >= 4 is 17.4 Å². The number of aryl methyl sites for hydroxylation is 1. The van der Waals surface area contributed by atoms with Crippen molar-refractivity contribution in [2.45, 2.75) is 20.4 Å². The van der Waals surface area contributed by atoms with Gasteiger partial charge in [-0.15, -0.1) is 0 Å². The average molecular weight is 310 g/mol. The number of nitrogens with zero attached hydrogens (tertiary/aromatic N) is 1. The summed E-state index contributed by atoms with van der Waals surface area (Å²) in [5, 5.41) is 2.85. The van der Waals surface area contributed by atoms with Crippen LogP contribution >= 0.6 is 0 Å². The normalized spacial score (nSPS) is 10.6. The van der Waals surface area contributed by atoms with E-state index in [9.17, 15) is 9.59 Å². The van der Waals surface area contributed by atoms with E-state index in [1.807, 2.05) is 24.1 Å². The Morgan fingerprint density at radius 3 is 2.30 bits per heavy atom. The third-order valence-corrected chi connectivity index (χ3v) is 3.69. The van der Waals surface area contributed by atoms with E-state index in [0.717, 1.165) is 6.54 Å². The number of carbonyl (C=O) groups is 2. The topological polar surface area (TPSA) is 49.4 Å². The Balaban J connectivity index is 1.89. The molecule has 120 valence electrons. The molecule has 0 saturated heterocycles. The summed E-state index contributed by atoms with van der Waals surface area (Å²) < 4.78 is 0. The fourth-order valence-electron chi connectivity index (χ4n) is 2.37. The molecule has 4 heteroatoms. The predicted octanol–water partition coefficient (Wildman–Crippen LogP) is 3.27. The van der Waals surface area contributed by atoms with E-state index in [2.05, 4.69) is 24.4 Å². The van der Waals surface area contributed by atoms with Gasteiger partial charge in [-0.3, -0.25) is 14.5 Å². The van der Waals surface area contributed by atoms with Crippen LogP contribution in [-0.2, 0) is 11.3 Å². The molecule has 0 spiro atoms. The quantitative estimate of drug-likeness (QED) is 0.833. The first kappa shape index (κ1) is 16.9. The van der Waals surface area contributed by atoms with E-state index in [1.165, 1.54) is 18.1 Å². The lowest BCUT2D eigenvalue weighted by molar-refractivity contribution is -0.117. The molecule has 2 aromatic rings. The van der Waals surface area contributed by atoms with Gasteiger partial charge in [0.15, 0.2) is 5.78 Å². The Labute approximate surface area is 137 Å². The van der Waals surface area contributed by atoms with Crippen LogP contribution < -0.4 is 5.32 Å². The van der Waals surface area contributed by atoms with E-state index in [1.54, 1.807) is 24.3 Å². The molecular weight excluding hydrogens is 288 g/mol. The first-order chi connectivity index (χ1) is 11.0. The first-order valence-corrected chi connectivity index (χ1v) is 7.59. The maximum absolute atomic E-state index is 12.1. The number of benzene rings is 2. The largest absolute Gasteiger partial charge is 0.325 e. The third kappa shape index (κ3) is 5.04. The number of rotatable bonds is 6. The van der Waals surface area contributed by atoms with Gasteiger partial charge >= 0.3 is 0 Å². The summed E-state index contributed by atoms with van der Waals surface area (Å²) in [6.45, 7) is 4.63. The van der Waals surface area contributed by atoms with Crippen LogP contribution in [0.25, 0.3) is 0 Å². The lowest BCUT2D eigenvalue weighted by Gasteiger charge is -2.17. The highest BCUT2D eigenvalue weighted by Crippen LogP contribution is 2.11. The lowest BCUT2D eigenvalue weighted by Crippen LogP contribution is -2.30. The van der Waals surface area contributed by atoms with Crippen molar-refractivity contribution < 1.29 is 9.59 Å². The second kappa shape index (κ2) is 7.70. The van der Waals surface area contributed by atoms with Gasteiger partial charge in [-0.1, -0.05) is 24.3 Å². The summed E-state index contributed by atoms with van der Waals surface area (Å²) in [6, 6.07) is 15.1. The molecule has 0 aliphatic heterocycles. The van der Waals surface area contributed by atoms with Crippen LogP contribution in [0.5, 0.6) is 0 Å². The molecule has 0 heterocycles. The number of carbonyl (C=O) groups excluding carboxylic acids is 2. The Kier molecular flexibility index (Phi) is 5.66. The molecule has 1 N–H and O–H groups in total. The van der Waals surface area contributed by atoms with Crippen molar-refractivity contribution in [1.29, 1.82) is 0 Å². The van der Waals surface area contributed by atoms with E-state index < -0.39 is 0 Å². The maximum atomic E-state index is 12.1. The Morgan fingerprint density at radius 2 is 1.70 bits per heavy atom. The molecule has 0 radical (unpaired) electrons. The standard InChI is InChI=1S/C19H22N2O2/c1-14-6-4-5-7-17(14)12-21(3)13-19(23)20-18-10-8-16(9-11-18)15(2)22/h4-11H,12-13H2,1-3H3,(H,20,23). The number of ketones is 1. The fourth-order valence-corrected chi connectivity index (χ4v) is 2.37. The number of hydrogen-bond donors (Lipinski definition) is 1. The zero-order valence-electron chi connectivity index (χ0n) is 13.8. The fraction of sp³-hybridized carbons (Fsp3) is 0.263. The van der Waals surface area contributed by atoms with Gasteiger partial charge in [0, 0.05) is 17.8 Å². The molecule has 2 rings (SSSR count). The molecule has 0 atom stereocenters. The van der Waals surface area contributed by atoms with Crippen LogP contribution in [0, 0.1) is 6.92 Å². The van der Waals surface area contributed by atoms with Gasteiger partial charge in [-0.05, 0) is 56.3 Å². The molecule has 4 nitrogen and oxygen atoms in total. The first-order valence-electron chi connectivity index (χ1n) is 7.59. The smallest absolute Gasteiger partial charge is 0.238 e. The highest BCUT2D eigenvalue weighted by molar-refractivity contribution is 5.96. The summed E-state index contributed by atoms with van der Waals surface area (Å²) >= 11 is 0. The number of nitrogens with one attached hydrogen (secondary N) is 1. The van der Waals surface area contributed by atoms with E-state index in [-0.39, 0.29) is 11.7 Å². The van der Waals surface area contributed by atoms with Gasteiger partial charge in [-0.25, -0.2) is 0 Å². The minimum Gasteiger partial charge on any atom is -0.325 e. The second-order valence-electron chi connectivity index (χ2n) is 5.78. The van der Waals surface area contributed by atoms with Gasteiger partial charge in [-0.2, -0.15) is 0 Å². The number of likely N-dealkylation sites (N-methyl/N-ethyl adjacent to an activating group) is 1. The van der Waals surface area contributed by atoms with Crippen LogP contribution in [0.4, 0.5) is 5.69 Å².